The van der Waals surface area contributed by atoms with E-state index in [9.17, 15) is 23.2 Å². The third-order valence-corrected chi connectivity index (χ3v) is 4.41. The molecule has 9 heteroatoms. The summed E-state index contributed by atoms with van der Waals surface area (Å²) in [5.41, 5.74) is -0.111. The van der Waals surface area contributed by atoms with Crippen molar-refractivity contribution in [1.82, 2.24) is 0 Å². The molecule has 170 valence electrons. The lowest BCUT2D eigenvalue weighted by molar-refractivity contribution is -0.118. The Morgan fingerprint density at radius 2 is 1.58 bits per heavy atom. The number of para-hydroxylation sites is 2. The highest BCUT2D eigenvalue weighted by atomic mass is 19.1. The molecule has 3 aromatic rings. The Morgan fingerprint density at radius 3 is 2.33 bits per heavy atom. The molecule has 0 radical (unpaired) electrons. The topological polar surface area (TPSA) is 90.9 Å². The third kappa shape index (κ3) is 6.13. The Balaban J connectivity index is 1.62. The number of rotatable bonds is 9. The van der Waals surface area contributed by atoms with Gasteiger partial charge in [0.1, 0.15) is 28.7 Å². The fraction of sp³-hybridized carbons (Fsp3) is 0.125. The smallest absolute Gasteiger partial charge is 0.342 e. The molecule has 0 bridgehead atoms. The van der Waals surface area contributed by atoms with E-state index in [1.807, 2.05) is 0 Å². The average Bonchev–Trinajstić information content (AvgIpc) is 2.82. The summed E-state index contributed by atoms with van der Waals surface area (Å²) in [7, 11) is 1.33. The molecule has 3 aromatic carbocycles. The lowest BCUT2D eigenvalue weighted by atomic mass is 10.1. The van der Waals surface area contributed by atoms with E-state index >= 15 is 0 Å². The molecule has 0 heterocycles. The number of anilines is 1. The Hall–Kier alpha value is -4.27. The van der Waals surface area contributed by atoms with Crippen molar-refractivity contribution in [2.75, 3.05) is 25.6 Å². The monoisotopic (exact) mass is 455 g/mol. The van der Waals surface area contributed by atoms with Crippen LogP contribution in [0, 0.1) is 11.6 Å². The van der Waals surface area contributed by atoms with Crippen molar-refractivity contribution in [1.29, 1.82) is 0 Å². The van der Waals surface area contributed by atoms with Crippen LogP contribution in [0.25, 0.3) is 0 Å². The van der Waals surface area contributed by atoms with Gasteiger partial charge in [0.15, 0.2) is 13.2 Å². The molecular weight excluding hydrogens is 436 g/mol. The minimum absolute atomic E-state index is 0.00918. The first-order valence-corrected chi connectivity index (χ1v) is 9.69. The van der Waals surface area contributed by atoms with E-state index in [-0.39, 0.29) is 28.3 Å². The largest absolute Gasteiger partial charge is 0.496 e. The van der Waals surface area contributed by atoms with Crippen LogP contribution in [-0.2, 0) is 9.53 Å². The van der Waals surface area contributed by atoms with Crippen LogP contribution >= 0.6 is 0 Å². The van der Waals surface area contributed by atoms with Crippen molar-refractivity contribution in [2.24, 2.45) is 0 Å². The van der Waals surface area contributed by atoms with Gasteiger partial charge in [0.25, 0.3) is 5.91 Å². The minimum Gasteiger partial charge on any atom is -0.496 e. The van der Waals surface area contributed by atoms with E-state index in [0.29, 0.717) is 0 Å². The number of carbonyl (C=O) groups excluding carboxylic acids is 3. The summed E-state index contributed by atoms with van der Waals surface area (Å²) in [6.07, 6.45) is 0. The van der Waals surface area contributed by atoms with Crippen LogP contribution in [-0.4, -0.2) is 38.0 Å². The van der Waals surface area contributed by atoms with Gasteiger partial charge >= 0.3 is 5.97 Å². The highest BCUT2D eigenvalue weighted by Gasteiger charge is 2.19. The average molecular weight is 455 g/mol. The van der Waals surface area contributed by atoms with E-state index in [4.69, 9.17) is 14.2 Å². The van der Waals surface area contributed by atoms with Gasteiger partial charge in [-0.15, -0.1) is 0 Å². The quantitative estimate of drug-likeness (QED) is 0.387. The number of methoxy groups -OCH3 is 1. The molecule has 0 saturated heterocycles. The fourth-order valence-electron chi connectivity index (χ4n) is 2.84. The normalized spacial score (nSPS) is 10.3. The fourth-order valence-corrected chi connectivity index (χ4v) is 2.84. The molecule has 0 atom stereocenters. The van der Waals surface area contributed by atoms with Gasteiger partial charge in [0, 0.05) is 0 Å². The van der Waals surface area contributed by atoms with Gasteiger partial charge < -0.3 is 19.5 Å². The van der Waals surface area contributed by atoms with E-state index in [1.165, 1.54) is 43.5 Å². The van der Waals surface area contributed by atoms with Gasteiger partial charge in [-0.1, -0.05) is 24.3 Å². The van der Waals surface area contributed by atoms with Gasteiger partial charge in [0.05, 0.1) is 18.4 Å². The molecule has 0 saturated carbocycles. The van der Waals surface area contributed by atoms with Gasteiger partial charge in [-0.2, -0.15) is 0 Å². The number of ketones is 1. The maximum Gasteiger partial charge on any atom is 0.342 e. The lowest BCUT2D eigenvalue weighted by Crippen LogP contribution is -2.22. The molecule has 1 amide bonds. The number of hydrogen-bond acceptors (Lipinski definition) is 6. The molecule has 1 N–H and O–H groups in total. The number of nitrogens with one attached hydrogen (secondary N) is 1. The van der Waals surface area contributed by atoms with Crippen molar-refractivity contribution >= 4 is 23.3 Å². The standard InChI is InChI=1S/C24H19F2NO6/c1-31-21-11-10-15(25)12-17(21)20(28)13-33-24(30)16-6-2-5-9-22(16)32-14-23(29)27-19-8-4-3-7-18(19)26/h2-12H,13-14H2,1H3,(H,27,29). The van der Waals surface area contributed by atoms with Crippen LogP contribution in [0.4, 0.5) is 14.5 Å². The molecule has 0 fully saturated rings. The number of hydrogen-bond donors (Lipinski definition) is 1. The van der Waals surface area contributed by atoms with Crippen molar-refractivity contribution in [2.45, 2.75) is 0 Å². The molecule has 3 rings (SSSR count). The van der Waals surface area contributed by atoms with E-state index in [1.54, 1.807) is 18.2 Å². The lowest BCUT2D eigenvalue weighted by Gasteiger charge is -2.12. The molecule has 0 aromatic heterocycles. The van der Waals surface area contributed by atoms with Crippen LogP contribution < -0.4 is 14.8 Å². The van der Waals surface area contributed by atoms with Crippen molar-refractivity contribution in [3.63, 3.8) is 0 Å². The summed E-state index contributed by atoms with van der Waals surface area (Å²) < 4.78 is 42.6. The first-order valence-electron chi connectivity index (χ1n) is 9.69. The highest BCUT2D eigenvalue weighted by Crippen LogP contribution is 2.22. The second-order valence-corrected chi connectivity index (χ2v) is 6.66. The number of carbonyl (C=O) groups is 3. The van der Waals surface area contributed by atoms with E-state index in [2.05, 4.69) is 5.32 Å². The number of benzene rings is 3. The minimum atomic E-state index is -0.885. The molecular formula is C24H19F2NO6. The zero-order chi connectivity index (χ0) is 23.8. The summed E-state index contributed by atoms with van der Waals surface area (Å²) in [5.74, 6) is -3.26. The summed E-state index contributed by atoms with van der Waals surface area (Å²) in [4.78, 5) is 36.9. The van der Waals surface area contributed by atoms with Crippen molar-refractivity contribution < 1.29 is 37.4 Å². The first-order chi connectivity index (χ1) is 15.9. The third-order valence-electron chi connectivity index (χ3n) is 4.41. The van der Waals surface area contributed by atoms with Crippen molar-refractivity contribution in [3.8, 4) is 11.5 Å². The summed E-state index contributed by atoms with van der Waals surface area (Å²) in [5, 5.41) is 2.36. The van der Waals surface area contributed by atoms with Gasteiger partial charge in [-0.05, 0) is 42.5 Å². The van der Waals surface area contributed by atoms with Gasteiger partial charge in [-0.3, -0.25) is 9.59 Å². The summed E-state index contributed by atoms with van der Waals surface area (Å²) >= 11 is 0. The number of Topliss-reactive ketones (excluding diaryl/α,β-unsaturated/α-hetero) is 1. The molecule has 0 aliphatic heterocycles. The molecule has 0 spiro atoms. The Morgan fingerprint density at radius 1 is 0.848 bits per heavy atom. The van der Waals surface area contributed by atoms with E-state index < -0.39 is 42.5 Å². The maximum atomic E-state index is 13.7. The van der Waals surface area contributed by atoms with Gasteiger partial charge in [-0.25, -0.2) is 13.6 Å². The molecule has 0 unspecified atom stereocenters. The summed E-state index contributed by atoms with van der Waals surface area (Å²) in [6, 6.07) is 15.0. The van der Waals surface area contributed by atoms with Crippen LogP contribution in [0.1, 0.15) is 20.7 Å². The zero-order valence-corrected chi connectivity index (χ0v) is 17.5. The highest BCUT2D eigenvalue weighted by molar-refractivity contribution is 6.02. The molecule has 0 aliphatic carbocycles. The molecule has 33 heavy (non-hydrogen) atoms. The predicted molar refractivity (Wildman–Crippen MR) is 115 cm³/mol. The number of esters is 1. The number of ether oxygens (including phenoxy) is 3. The Bertz CT molecular complexity index is 1180. The van der Waals surface area contributed by atoms with Crippen molar-refractivity contribution in [3.05, 3.63) is 89.5 Å². The second kappa shape index (κ2) is 10.9. The number of halogens is 2. The maximum absolute atomic E-state index is 13.7. The molecule has 0 aliphatic rings. The van der Waals surface area contributed by atoms with Crippen LogP contribution in [0.15, 0.2) is 66.7 Å². The molecule has 7 nitrogen and oxygen atoms in total. The second-order valence-electron chi connectivity index (χ2n) is 6.66. The van der Waals surface area contributed by atoms with Crippen LogP contribution in [0.3, 0.4) is 0 Å². The Kier molecular flexibility index (Phi) is 7.69. The predicted octanol–water partition coefficient (Wildman–Crippen LogP) is 4.03. The van der Waals surface area contributed by atoms with Gasteiger partial charge in [0.2, 0.25) is 5.78 Å². The Labute approximate surface area is 187 Å². The van der Waals surface area contributed by atoms with Crippen LogP contribution in [0.5, 0.6) is 11.5 Å². The van der Waals surface area contributed by atoms with E-state index in [0.717, 1.165) is 12.1 Å². The zero-order valence-electron chi connectivity index (χ0n) is 17.5. The van der Waals surface area contributed by atoms with Crippen LogP contribution in [0.2, 0.25) is 0 Å². The SMILES string of the molecule is COc1ccc(F)cc1C(=O)COC(=O)c1ccccc1OCC(=O)Nc1ccccc1F. The number of amides is 1. The first kappa shape index (κ1) is 23.4. The summed E-state index contributed by atoms with van der Waals surface area (Å²) in [6.45, 7) is -1.17.